The lowest BCUT2D eigenvalue weighted by atomic mass is 10.1. The first-order valence-corrected chi connectivity index (χ1v) is 4.77. The number of rotatable bonds is 4. The van der Waals surface area contributed by atoms with Gasteiger partial charge in [0.25, 0.3) is 0 Å². The maximum Gasteiger partial charge on any atom is 0.00813 e. The van der Waals surface area contributed by atoms with Gasteiger partial charge in [0.2, 0.25) is 0 Å². The Bertz CT molecular complexity index is 53.9. The molecule has 0 amide bonds. The molecule has 2 heteroatoms. The molecular weight excluding hydrogens is 225 g/mol. The molecular formula is C7H16IN. The van der Waals surface area contributed by atoms with Crippen molar-refractivity contribution < 1.29 is 0 Å². The van der Waals surface area contributed by atoms with Crippen LogP contribution in [0, 0.1) is 0 Å². The first-order valence-electron chi connectivity index (χ1n) is 3.52. The molecule has 0 saturated carbocycles. The van der Waals surface area contributed by atoms with Gasteiger partial charge in [-0.05, 0) is 19.8 Å². The Hall–Kier alpha value is 0.690. The van der Waals surface area contributed by atoms with Gasteiger partial charge in [-0.15, -0.1) is 0 Å². The predicted octanol–water partition coefficient (Wildman–Crippen LogP) is 2.33. The van der Waals surface area contributed by atoms with E-state index in [9.17, 15) is 0 Å². The summed E-state index contributed by atoms with van der Waals surface area (Å²) in [5.41, 5.74) is 5.58. The monoisotopic (exact) mass is 241 g/mol. The fraction of sp³-hybridized carbons (Fsp3) is 1.00. The van der Waals surface area contributed by atoms with E-state index in [1.165, 1.54) is 19.3 Å². The number of nitrogens with two attached hydrogens (primary N) is 1. The van der Waals surface area contributed by atoms with Crippen LogP contribution >= 0.6 is 22.6 Å². The molecule has 9 heavy (non-hydrogen) atoms. The SMILES string of the molecule is CC(N)CCCC(C)I. The third-order valence-corrected chi connectivity index (χ3v) is 1.88. The first-order chi connectivity index (χ1) is 4.13. The molecule has 1 nitrogen and oxygen atoms in total. The minimum Gasteiger partial charge on any atom is -0.328 e. The summed E-state index contributed by atoms with van der Waals surface area (Å²) >= 11 is 2.45. The molecule has 56 valence electrons. The van der Waals surface area contributed by atoms with Crippen LogP contribution in [0.25, 0.3) is 0 Å². The molecule has 0 saturated heterocycles. The molecule has 2 unspecified atom stereocenters. The van der Waals surface area contributed by atoms with Gasteiger partial charge in [-0.1, -0.05) is 35.9 Å². The van der Waals surface area contributed by atoms with Gasteiger partial charge in [-0.25, -0.2) is 0 Å². The summed E-state index contributed by atoms with van der Waals surface area (Å²) in [5, 5.41) is 0. The fourth-order valence-electron chi connectivity index (χ4n) is 0.721. The Kier molecular flexibility index (Phi) is 5.89. The highest BCUT2D eigenvalue weighted by molar-refractivity contribution is 14.1. The molecule has 0 fully saturated rings. The van der Waals surface area contributed by atoms with Crippen LogP contribution in [-0.4, -0.2) is 9.97 Å². The van der Waals surface area contributed by atoms with E-state index in [0.29, 0.717) is 6.04 Å². The highest BCUT2D eigenvalue weighted by atomic mass is 127. The van der Waals surface area contributed by atoms with E-state index in [-0.39, 0.29) is 0 Å². The molecule has 0 heterocycles. The Labute approximate surface area is 71.5 Å². The van der Waals surface area contributed by atoms with E-state index < -0.39 is 0 Å². The maximum absolute atomic E-state index is 5.58. The first kappa shape index (κ1) is 9.69. The van der Waals surface area contributed by atoms with Crippen LogP contribution in [0.5, 0.6) is 0 Å². The zero-order chi connectivity index (χ0) is 7.28. The third-order valence-electron chi connectivity index (χ3n) is 1.26. The van der Waals surface area contributed by atoms with Crippen LogP contribution in [0.4, 0.5) is 0 Å². The highest BCUT2D eigenvalue weighted by Gasteiger charge is 1.97. The van der Waals surface area contributed by atoms with Gasteiger partial charge in [0.1, 0.15) is 0 Å². The second-order valence-corrected chi connectivity index (χ2v) is 4.82. The smallest absolute Gasteiger partial charge is 0.00813 e. The van der Waals surface area contributed by atoms with Crippen LogP contribution in [0.15, 0.2) is 0 Å². The van der Waals surface area contributed by atoms with E-state index in [2.05, 4.69) is 36.4 Å². The van der Waals surface area contributed by atoms with Crippen molar-refractivity contribution in [1.29, 1.82) is 0 Å². The Balaban J connectivity index is 2.91. The molecule has 0 spiro atoms. The van der Waals surface area contributed by atoms with Crippen molar-refractivity contribution in [1.82, 2.24) is 0 Å². The van der Waals surface area contributed by atoms with E-state index in [4.69, 9.17) is 5.73 Å². The lowest BCUT2D eigenvalue weighted by molar-refractivity contribution is 0.601. The Morgan fingerprint density at radius 2 is 1.89 bits per heavy atom. The van der Waals surface area contributed by atoms with Gasteiger partial charge in [0.05, 0.1) is 0 Å². The van der Waals surface area contributed by atoms with E-state index >= 15 is 0 Å². The Morgan fingerprint density at radius 3 is 2.22 bits per heavy atom. The second kappa shape index (κ2) is 5.47. The summed E-state index contributed by atoms with van der Waals surface area (Å²) in [4.78, 5) is 0. The van der Waals surface area contributed by atoms with Gasteiger partial charge in [-0.2, -0.15) is 0 Å². The van der Waals surface area contributed by atoms with Gasteiger partial charge in [0.15, 0.2) is 0 Å². The van der Waals surface area contributed by atoms with Crippen LogP contribution in [-0.2, 0) is 0 Å². The van der Waals surface area contributed by atoms with E-state index in [1.54, 1.807) is 0 Å². The highest BCUT2D eigenvalue weighted by Crippen LogP contribution is 2.09. The van der Waals surface area contributed by atoms with Crippen LogP contribution < -0.4 is 5.73 Å². The van der Waals surface area contributed by atoms with Crippen LogP contribution in [0.1, 0.15) is 33.1 Å². The van der Waals surface area contributed by atoms with Crippen molar-refractivity contribution in [3.63, 3.8) is 0 Å². The summed E-state index contributed by atoms with van der Waals surface area (Å²) in [7, 11) is 0. The molecule has 0 aromatic carbocycles. The van der Waals surface area contributed by atoms with Gasteiger partial charge in [-0.3, -0.25) is 0 Å². The van der Waals surface area contributed by atoms with Crippen LogP contribution in [0.2, 0.25) is 0 Å². The quantitative estimate of drug-likeness (QED) is 0.593. The zero-order valence-corrected chi connectivity index (χ0v) is 8.39. The van der Waals surface area contributed by atoms with Gasteiger partial charge in [0, 0.05) is 9.97 Å². The minimum atomic E-state index is 0.389. The molecule has 0 radical (unpaired) electrons. The maximum atomic E-state index is 5.58. The molecule has 0 aliphatic carbocycles. The van der Waals surface area contributed by atoms with Crippen LogP contribution in [0.3, 0.4) is 0 Å². The molecule has 0 aliphatic heterocycles. The number of hydrogen-bond acceptors (Lipinski definition) is 1. The molecule has 2 N–H and O–H groups in total. The second-order valence-electron chi connectivity index (χ2n) is 2.69. The lowest BCUT2D eigenvalue weighted by Crippen LogP contribution is -2.14. The summed E-state index contributed by atoms with van der Waals surface area (Å²) < 4.78 is 0.807. The minimum absolute atomic E-state index is 0.389. The van der Waals surface area contributed by atoms with E-state index in [0.717, 1.165) is 3.92 Å². The molecule has 0 aromatic rings. The van der Waals surface area contributed by atoms with E-state index in [1.807, 2.05) is 0 Å². The van der Waals surface area contributed by atoms with Crippen molar-refractivity contribution in [3.8, 4) is 0 Å². The summed E-state index contributed by atoms with van der Waals surface area (Å²) in [5.74, 6) is 0. The average Bonchev–Trinajstić information content (AvgIpc) is 1.63. The zero-order valence-electron chi connectivity index (χ0n) is 6.23. The number of hydrogen-bond donors (Lipinski definition) is 1. The van der Waals surface area contributed by atoms with Gasteiger partial charge >= 0.3 is 0 Å². The van der Waals surface area contributed by atoms with Crippen molar-refractivity contribution in [3.05, 3.63) is 0 Å². The van der Waals surface area contributed by atoms with Gasteiger partial charge < -0.3 is 5.73 Å². The summed E-state index contributed by atoms with van der Waals surface area (Å²) in [6, 6.07) is 0.389. The predicted molar refractivity (Wildman–Crippen MR) is 51.0 cm³/mol. The molecule has 0 aromatic heterocycles. The largest absolute Gasteiger partial charge is 0.328 e. The number of halogens is 1. The fourth-order valence-corrected chi connectivity index (χ4v) is 1.16. The van der Waals surface area contributed by atoms with Crippen molar-refractivity contribution in [2.45, 2.75) is 43.1 Å². The average molecular weight is 241 g/mol. The van der Waals surface area contributed by atoms with Crippen molar-refractivity contribution in [2.24, 2.45) is 5.73 Å². The topological polar surface area (TPSA) is 26.0 Å². The lowest BCUT2D eigenvalue weighted by Gasteiger charge is -2.04. The molecule has 0 aliphatic rings. The number of alkyl halides is 1. The molecule has 0 rings (SSSR count). The Morgan fingerprint density at radius 1 is 1.33 bits per heavy atom. The normalized spacial score (nSPS) is 17.3. The van der Waals surface area contributed by atoms with Crippen molar-refractivity contribution >= 4 is 22.6 Å². The third kappa shape index (κ3) is 8.69. The summed E-state index contributed by atoms with van der Waals surface area (Å²) in [6.07, 6.45) is 3.76. The standard InChI is InChI=1S/C7H16IN/c1-6(8)4-3-5-7(2)9/h6-7H,3-5,9H2,1-2H3. The molecule has 2 atom stereocenters. The van der Waals surface area contributed by atoms with Crippen molar-refractivity contribution in [2.75, 3.05) is 0 Å². The molecule has 0 bridgehead atoms. The summed E-state index contributed by atoms with van der Waals surface area (Å²) in [6.45, 7) is 4.31.